The van der Waals surface area contributed by atoms with Crippen molar-refractivity contribution in [3.05, 3.63) is 57.2 Å². The smallest absolute Gasteiger partial charge is 0.102 e. The zero-order valence-electron chi connectivity index (χ0n) is 8.65. The Balaban J connectivity index is 2.50. The molecule has 0 unspecified atom stereocenters. The molecule has 0 aliphatic carbocycles. The molecule has 1 aromatic carbocycles. The number of rotatable bonds is 2. The van der Waals surface area contributed by atoms with Crippen molar-refractivity contribution in [1.29, 1.82) is 5.26 Å². The van der Waals surface area contributed by atoms with E-state index < -0.39 is 0 Å². The van der Waals surface area contributed by atoms with Crippen LogP contribution in [0.2, 0.25) is 5.02 Å². The van der Waals surface area contributed by atoms with E-state index in [1.54, 1.807) is 24.3 Å². The van der Waals surface area contributed by atoms with Crippen molar-refractivity contribution in [1.82, 2.24) is 0 Å². The molecular formula is C13H7Cl2NS. The number of benzene rings is 1. The maximum Gasteiger partial charge on any atom is 0.102 e. The highest BCUT2D eigenvalue weighted by atomic mass is 35.5. The fourth-order valence-corrected chi connectivity index (χ4v) is 2.55. The summed E-state index contributed by atoms with van der Waals surface area (Å²) in [6.07, 6.45) is 0. The highest BCUT2D eigenvalue weighted by Gasteiger charge is 2.10. The van der Waals surface area contributed by atoms with Gasteiger partial charge in [0.15, 0.2) is 0 Å². The van der Waals surface area contributed by atoms with E-state index in [0.29, 0.717) is 15.6 Å². The Morgan fingerprint density at radius 3 is 2.41 bits per heavy atom. The lowest BCUT2D eigenvalue weighted by atomic mass is 10.1. The molecule has 0 bridgehead atoms. The van der Waals surface area contributed by atoms with Gasteiger partial charge in [0.1, 0.15) is 6.07 Å². The largest absolute Gasteiger partial charge is 0.192 e. The Kier molecular flexibility index (Phi) is 3.86. The predicted octanol–water partition coefficient (Wildman–Crippen LogP) is 5.03. The number of hydrogen-bond donors (Lipinski definition) is 0. The number of thiophene rings is 1. The van der Waals surface area contributed by atoms with Crippen molar-refractivity contribution >= 4 is 45.1 Å². The number of nitriles is 1. The van der Waals surface area contributed by atoms with E-state index >= 15 is 0 Å². The molecule has 2 rings (SSSR count). The lowest BCUT2D eigenvalue weighted by Crippen LogP contribution is -1.82. The second kappa shape index (κ2) is 5.37. The van der Waals surface area contributed by atoms with Gasteiger partial charge in [-0.1, -0.05) is 41.4 Å². The molecule has 0 amide bonds. The van der Waals surface area contributed by atoms with Gasteiger partial charge >= 0.3 is 0 Å². The van der Waals surface area contributed by atoms with E-state index in [1.165, 1.54) is 11.3 Å². The molecule has 0 saturated heterocycles. The molecule has 0 radical (unpaired) electrons. The molecule has 1 heterocycles. The average molecular weight is 280 g/mol. The van der Waals surface area contributed by atoms with Crippen LogP contribution in [0.5, 0.6) is 0 Å². The first-order valence-corrected chi connectivity index (χ1v) is 6.45. The third-order valence-electron chi connectivity index (χ3n) is 2.20. The van der Waals surface area contributed by atoms with Gasteiger partial charge in [0.25, 0.3) is 0 Å². The molecule has 0 spiro atoms. The van der Waals surface area contributed by atoms with Gasteiger partial charge < -0.3 is 0 Å². The van der Waals surface area contributed by atoms with E-state index in [0.717, 1.165) is 10.4 Å². The third kappa shape index (κ3) is 2.70. The van der Waals surface area contributed by atoms with Crippen molar-refractivity contribution in [2.75, 3.05) is 0 Å². The molecule has 0 aliphatic heterocycles. The Bertz CT molecular complexity index is 577. The monoisotopic (exact) mass is 279 g/mol. The van der Waals surface area contributed by atoms with E-state index in [4.69, 9.17) is 23.2 Å². The number of allylic oxidation sites excluding steroid dienone is 1. The fourth-order valence-electron chi connectivity index (χ4n) is 1.37. The molecule has 1 aromatic heterocycles. The van der Waals surface area contributed by atoms with E-state index in [2.05, 4.69) is 6.07 Å². The topological polar surface area (TPSA) is 23.8 Å². The van der Waals surface area contributed by atoms with Gasteiger partial charge in [-0.05, 0) is 29.1 Å². The fraction of sp³-hybridized carbons (Fsp3) is 0. The second-order valence-corrected chi connectivity index (χ2v) is 5.05. The summed E-state index contributed by atoms with van der Waals surface area (Å²) in [5, 5.41) is 12.2. The van der Waals surface area contributed by atoms with Gasteiger partial charge in [-0.25, -0.2) is 0 Å². The van der Waals surface area contributed by atoms with Crippen LogP contribution in [0.15, 0.2) is 41.8 Å². The maximum atomic E-state index is 9.17. The maximum absolute atomic E-state index is 9.17. The summed E-state index contributed by atoms with van der Waals surface area (Å²) >= 11 is 13.5. The van der Waals surface area contributed by atoms with E-state index in [-0.39, 0.29) is 0 Å². The van der Waals surface area contributed by atoms with Gasteiger partial charge in [0.05, 0.1) is 10.6 Å². The van der Waals surface area contributed by atoms with Crippen LogP contribution in [0.1, 0.15) is 10.4 Å². The molecule has 0 fully saturated rings. The Labute approximate surface area is 114 Å². The Morgan fingerprint density at radius 2 is 1.88 bits per heavy atom. The number of nitrogens with zero attached hydrogens (tertiary/aromatic N) is 1. The van der Waals surface area contributed by atoms with Crippen LogP contribution in [0.4, 0.5) is 0 Å². The lowest BCUT2D eigenvalue weighted by molar-refractivity contribution is 1.54. The van der Waals surface area contributed by atoms with Crippen molar-refractivity contribution in [3.63, 3.8) is 0 Å². The summed E-state index contributed by atoms with van der Waals surface area (Å²) < 4.78 is 0. The van der Waals surface area contributed by atoms with Crippen LogP contribution in [0.25, 0.3) is 10.6 Å². The molecule has 1 nitrogen and oxygen atoms in total. The minimum absolute atomic E-state index is 0.451. The van der Waals surface area contributed by atoms with Crippen LogP contribution in [-0.4, -0.2) is 0 Å². The van der Waals surface area contributed by atoms with Crippen LogP contribution < -0.4 is 0 Å². The molecule has 0 atom stereocenters. The average Bonchev–Trinajstić information content (AvgIpc) is 2.84. The zero-order chi connectivity index (χ0) is 12.3. The van der Waals surface area contributed by atoms with E-state index in [9.17, 15) is 5.26 Å². The summed E-state index contributed by atoms with van der Waals surface area (Å²) in [4.78, 5) is 0.868. The summed E-state index contributed by atoms with van der Waals surface area (Å²) in [5.74, 6) is 0. The minimum atomic E-state index is 0.451. The zero-order valence-corrected chi connectivity index (χ0v) is 11.0. The highest BCUT2D eigenvalue weighted by molar-refractivity contribution is 7.11. The van der Waals surface area contributed by atoms with Gasteiger partial charge in [-0.2, -0.15) is 5.26 Å². The number of hydrogen-bond acceptors (Lipinski definition) is 2. The van der Waals surface area contributed by atoms with Gasteiger partial charge in [0.2, 0.25) is 0 Å². The van der Waals surface area contributed by atoms with Crippen LogP contribution in [0, 0.1) is 11.3 Å². The lowest BCUT2D eigenvalue weighted by Gasteiger charge is -2.02. The minimum Gasteiger partial charge on any atom is -0.192 e. The molecule has 0 saturated carbocycles. The van der Waals surface area contributed by atoms with Crippen LogP contribution in [0.3, 0.4) is 0 Å². The van der Waals surface area contributed by atoms with Crippen molar-refractivity contribution in [3.8, 4) is 6.07 Å². The summed E-state index contributed by atoms with van der Waals surface area (Å²) in [7, 11) is 0. The van der Waals surface area contributed by atoms with Crippen molar-refractivity contribution in [2.45, 2.75) is 0 Å². The normalized spacial score (nSPS) is 11.8. The van der Waals surface area contributed by atoms with Gasteiger partial charge in [-0.15, -0.1) is 11.3 Å². The van der Waals surface area contributed by atoms with Gasteiger partial charge in [0, 0.05) is 9.90 Å². The molecular weight excluding hydrogens is 273 g/mol. The molecule has 0 N–H and O–H groups in total. The molecule has 4 heteroatoms. The SMILES string of the molecule is N#C/C(=C(/Cl)c1ccc(Cl)cc1)c1cccs1. The molecule has 0 aliphatic rings. The first kappa shape index (κ1) is 12.2. The highest BCUT2D eigenvalue weighted by Crippen LogP contribution is 2.31. The second-order valence-electron chi connectivity index (χ2n) is 3.28. The van der Waals surface area contributed by atoms with Crippen LogP contribution in [-0.2, 0) is 0 Å². The summed E-state index contributed by atoms with van der Waals surface area (Å²) in [6.45, 7) is 0. The molecule has 2 aromatic rings. The third-order valence-corrected chi connectivity index (χ3v) is 3.74. The Morgan fingerprint density at radius 1 is 1.18 bits per heavy atom. The standard InChI is InChI=1S/C13H7Cl2NS/c14-10-5-3-9(4-6-10)13(15)11(8-16)12-2-1-7-17-12/h1-7H/b13-11-. The van der Waals surface area contributed by atoms with Crippen LogP contribution >= 0.6 is 34.5 Å². The number of halogens is 2. The quantitative estimate of drug-likeness (QED) is 0.707. The first-order chi connectivity index (χ1) is 8.22. The van der Waals surface area contributed by atoms with Gasteiger partial charge in [-0.3, -0.25) is 0 Å². The van der Waals surface area contributed by atoms with Crippen molar-refractivity contribution < 1.29 is 0 Å². The van der Waals surface area contributed by atoms with Crippen molar-refractivity contribution in [2.24, 2.45) is 0 Å². The molecule has 84 valence electrons. The Hall–Kier alpha value is -1.27. The summed E-state index contributed by atoms with van der Waals surface area (Å²) in [6, 6.07) is 13.0. The first-order valence-electron chi connectivity index (χ1n) is 4.82. The molecule has 17 heavy (non-hydrogen) atoms. The predicted molar refractivity (Wildman–Crippen MR) is 74.1 cm³/mol. The van der Waals surface area contributed by atoms with E-state index in [1.807, 2.05) is 17.5 Å². The summed E-state index contributed by atoms with van der Waals surface area (Å²) in [5.41, 5.74) is 1.28.